The number of fused-ring (bicyclic) bond motifs is 1. The zero-order chi connectivity index (χ0) is 18.8. The number of hydrogen-bond acceptors (Lipinski definition) is 4. The van der Waals surface area contributed by atoms with Crippen molar-refractivity contribution < 1.29 is 9.18 Å². The van der Waals surface area contributed by atoms with Crippen LogP contribution in [0.5, 0.6) is 0 Å². The molecule has 0 spiro atoms. The molecule has 3 aromatic rings. The van der Waals surface area contributed by atoms with E-state index in [0.717, 1.165) is 52.4 Å². The van der Waals surface area contributed by atoms with Gasteiger partial charge in [-0.25, -0.2) is 4.39 Å². The van der Waals surface area contributed by atoms with Gasteiger partial charge in [-0.2, -0.15) is 11.8 Å². The molecule has 4 nitrogen and oxygen atoms in total. The molecule has 4 rings (SSSR count). The molecule has 0 atom stereocenters. The summed E-state index contributed by atoms with van der Waals surface area (Å²) in [6, 6.07) is 12.3. The van der Waals surface area contributed by atoms with Crippen LogP contribution in [0.2, 0.25) is 0 Å². The number of halogens is 1. The molecule has 1 aliphatic rings. The maximum atomic E-state index is 13.5. The third-order valence-electron chi connectivity index (χ3n) is 4.75. The van der Waals surface area contributed by atoms with E-state index in [1.807, 2.05) is 47.9 Å². The molecular weight excluding hydrogens is 361 g/mol. The van der Waals surface area contributed by atoms with E-state index in [-0.39, 0.29) is 11.7 Å². The fraction of sp³-hybridized carbons (Fsp3) is 0.238. The predicted molar refractivity (Wildman–Crippen MR) is 109 cm³/mol. The van der Waals surface area contributed by atoms with Gasteiger partial charge in [0.1, 0.15) is 5.82 Å². The van der Waals surface area contributed by atoms with Crippen molar-refractivity contribution in [3.63, 3.8) is 0 Å². The van der Waals surface area contributed by atoms with E-state index in [9.17, 15) is 9.18 Å². The quantitative estimate of drug-likeness (QED) is 0.719. The van der Waals surface area contributed by atoms with Crippen LogP contribution < -0.4 is 5.32 Å². The maximum absolute atomic E-state index is 13.5. The summed E-state index contributed by atoms with van der Waals surface area (Å²) in [7, 11) is 0. The Morgan fingerprint density at radius 3 is 2.74 bits per heavy atom. The highest BCUT2D eigenvalue weighted by atomic mass is 32.2. The number of carbonyl (C=O) groups is 1. The number of rotatable bonds is 3. The van der Waals surface area contributed by atoms with E-state index in [1.165, 1.54) is 12.1 Å². The first kappa shape index (κ1) is 17.8. The first-order chi connectivity index (χ1) is 13.1. The van der Waals surface area contributed by atoms with Crippen molar-refractivity contribution in [1.82, 2.24) is 9.88 Å². The highest BCUT2D eigenvalue weighted by Crippen LogP contribution is 2.31. The van der Waals surface area contributed by atoms with Gasteiger partial charge in [-0.1, -0.05) is 18.2 Å². The van der Waals surface area contributed by atoms with Crippen LogP contribution in [0.1, 0.15) is 15.9 Å². The van der Waals surface area contributed by atoms with Gasteiger partial charge in [0.25, 0.3) is 5.91 Å². The van der Waals surface area contributed by atoms with Crippen LogP contribution in [0.15, 0.2) is 48.7 Å². The summed E-state index contributed by atoms with van der Waals surface area (Å²) in [5, 5.41) is 4.25. The molecule has 1 saturated heterocycles. The Bertz CT molecular complexity index is 1000. The van der Waals surface area contributed by atoms with E-state index in [1.54, 1.807) is 12.3 Å². The molecule has 6 heteroatoms. The molecule has 1 aromatic heterocycles. The summed E-state index contributed by atoms with van der Waals surface area (Å²) in [6.45, 7) is 3.33. The second-order valence-electron chi connectivity index (χ2n) is 6.55. The molecule has 1 N–H and O–H groups in total. The lowest BCUT2D eigenvalue weighted by Gasteiger charge is -2.27. The first-order valence-electron chi connectivity index (χ1n) is 8.91. The van der Waals surface area contributed by atoms with Crippen LogP contribution >= 0.6 is 11.8 Å². The standard InChI is InChI=1S/C21H20FN3OS/c1-14-12-15(22)6-7-18(14)24-20-16-4-2-3-5-19(16)23-13-17(20)21(26)25-8-10-27-11-9-25/h2-7,12-13H,8-11H2,1H3,(H,23,24). The molecule has 2 heterocycles. The van der Waals surface area contributed by atoms with Crippen LogP contribution in [0.4, 0.5) is 15.8 Å². The Morgan fingerprint density at radius 2 is 1.96 bits per heavy atom. The van der Waals surface area contributed by atoms with Gasteiger partial charge in [0.2, 0.25) is 0 Å². The minimum atomic E-state index is -0.278. The van der Waals surface area contributed by atoms with Gasteiger partial charge in [-0.05, 0) is 36.8 Å². The second-order valence-corrected chi connectivity index (χ2v) is 7.78. The van der Waals surface area contributed by atoms with Crippen molar-refractivity contribution in [2.24, 2.45) is 0 Å². The molecule has 1 amide bonds. The third kappa shape index (κ3) is 3.62. The van der Waals surface area contributed by atoms with Crippen molar-refractivity contribution in [2.75, 3.05) is 29.9 Å². The minimum Gasteiger partial charge on any atom is -0.354 e. The molecule has 2 aromatic carbocycles. The van der Waals surface area contributed by atoms with E-state index in [2.05, 4.69) is 10.3 Å². The minimum absolute atomic E-state index is 0.0178. The lowest BCUT2D eigenvalue weighted by molar-refractivity contribution is 0.0773. The molecule has 0 radical (unpaired) electrons. The molecule has 0 unspecified atom stereocenters. The largest absolute Gasteiger partial charge is 0.354 e. The number of nitrogens with zero attached hydrogens (tertiary/aromatic N) is 2. The third-order valence-corrected chi connectivity index (χ3v) is 5.69. The summed E-state index contributed by atoms with van der Waals surface area (Å²) >= 11 is 1.86. The smallest absolute Gasteiger partial charge is 0.257 e. The number of carbonyl (C=O) groups excluding carboxylic acids is 1. The SMILES string of the molecule is Cc1cc(F)ccc1Nc1c(C(=O)N2CCSCC2)cnc2ccccc12. The molecule has 0 bridgehead atoms. The number of benzene rings is 2. The van der Waals surface area contributed by atoms with Crippen molar-refractivity contribution in [3.05, 3.63) is 65.6 Å². The van der Waals surface area contributed by atoms with Crippen LogP contribution in [-0.4, -0.2) is 40.4 Å². The summed E-state index contributed by atoms with van der Waals surface area (Å²) in [4.78, 5) is 19.5. The maximum Gasteiger partial charge on any atom is 0.257 e. The number of anilines is 2. The highest BCUT2D eigenvalue weighted by Gasteiger charge is 2.23. The van der Waals surface area contributed by atoms with Crippen LogP contribution in [0, 0.1) is 12.7 Å². The average molecular weight is 381 g/mol. The van der Waals surface area contributed by atoms with Crippen molar-refractivity contribution in [3.8, 4) is 0 Å². The van der Waals surface area contributed by atoms with Gasteiger partial charge in [0.05, 0.1) is 16.8 Å². The molecule has 138 valence electrons. The fourth-order valence-corrected chi connectivity index (χ4v) is 4.18. The number of aromatic nitrogens is 1. The predicted octanol–water partition coefficient (Wildman–Crippen LogP) is 4.61. The lowest BCUT2D eigenvalue weighted by atomic mass is 10.1. The molecule has 0 aliphatic carbocycles. The van der Waals surface area contributed by atoms with Crippen molar-refractivity contribution in [2.45, 2.75) is 6.92 Å². The zero-order valence-electron chi connectivity index (χ0n) is 15.0. The number of para-hydroxylation sites is 1. The monoisotopic (exact) mass is 381 g/mol. The van der Waals surface area contributed by atoms with Crippen LogP contribution in [0.25, 0.3) is 10.9 Å². The van der Waals surface area contributed by atoms with Crippen molar-refractivity contribution in [1.29, 1.82) is 0 Å². The van der Waals surface area contributed by atoms with Gasteiger partial charge in [-0.3, -0.25) is 9.78 Å². The topological polar surface area (TPSA) is 45.2 Å². The van der Waals surface area contributed by atoms with Crippen LogP contribution in [-0.2, 0) is 0 Å². The van der Waals surface area contributed by atoms with Gasteiger partial charge < -0.3 is 10.2 Å². The van der Waals surface area contributed by atoms with Crippen LogP contribution in [0.3, 0.4) is 0 Å². The summed E-state index contributed by atoms with van der Waals surface area (Å²) < 4.78 is 13.5. The lowest BCUT2D eigenvalue weighted by Crippen LogP contribution is -2.38. The summed E-state index contributed by atoms with van der Waals surface area (Å²) in [5.41, 5.74) is 3.63. The number of aryl methyl sites for hydroxylation is 1. The van der Waals surface area contributed by atoms with E-state index in [4.69, 9.17) is 0 Å². The highest BCUT2D eigenvalue weighted by molar-refractivity contribution is 7.99. The number of pyridine rings is 1. The number of nitrogens with one attached hydrogen (secondary N) is 1. The number of thioether (sulfide) groups is 1. The Morgan fingerprint density at radius 1 is 1.19 bits per heavy atom. The molecule has 1 aliphatic heterocycles. The normalized spacial score (nSPS) is 14.4. The van der Waals surface area contributed by atoms with E-state index < -0.39 is 0 Å². The van der Waals surface area contributed by atoms with Gasteiger partial charge in [0, 0.05) is 41.9 Å². The zero-order valence-corrected chi connectivity index (χ0v) is 15.9. The van der Waals surface area contributed by atoms with E-state index >= 15 is 0 Å². The summed E-state index contributed by atoms with van der Waals surface area (Å²) in [5.74, 6) is 1.61. The molecular formula is C21H20FN3OS. The summed E-state index contributed by atoms with van der Waals surface area (Å²) in [6.07, 6.45) is 1.65. The molecule has 0 saturated carbocycles. The Labute approximate surface area is 161 Å². The Hall–Kier alpha value is -2.60. The second kappa shape index (κ2) is 7.56. The molecule has 1 fully saturated rings. The Balaban J connectivity index is 1.81. The van der Waals surface area contributed by atoms with Gasteiger partial charge in [0.15, 0.2) is 0 Å². The fourth-order valence-electron chi connectivity index (χ4n) is 3.28. The first-order valence-corrected chi connectivity index (χ1v) is 10.1. The van der Waals surface area contributed by atoms with E-state index in [0.29, 0.717) is 5.56 Å². The Kier molecular flexibility index (Phi) is 4.99. The number of amides is 1. The van der Waals surface area contributed by atoms with Gasteiger partial charge in [-0.15, -0.1) is 0 Å². The molecule has 27 heavy (non-hydrogen) atoms. The number of hydrogen-bond donors (Lipinski definition) is 1. The average Bonchev–Trinajstić information content (AvgIpc) is 2.70. The van der Waals surface area contributed by atoms with Crippen molar-refractivity contribution >= 4 is 39.9 Å². The van der Waals surface area contributed by atoms with Gasteiger partial charge >= 0.3 is 0 Å².